The first-order valence-electron chi connectivity index (χ1n) is 10.1. The highest BCUT2D eigenvalue weighted by Crippen LogP contribution is 2.36. The Balaban J connectivity index is 1.60. The lowest BCUT2D eigenvalue weighted by Gasteiger charge is -2.06. The molecular weight excluding hydrogens is 418 g/mol. The fourth-order valence-electron chi connectivity index (χ4n) is 3.99. The fourth-order valence-corrected chi connectivity index (χ4v) is 3.99. The van der Waals surface area contributed by atoms with Crippen LogP contribution in [0.5, 0.6) is 11.5 Å². The van der Waals surface area contributed by atoms with Gasteiger partial charge in [0, 0.05) is 11.6 Å². The molecule has 0 aliphatic carbocycles. The average Bonchev–Trinajstić information content (AvgIpc) is 3.23. The third kappa shape index (κ3) is 3.60. The molecule has 160 valence electrons. The minimum absolute atomic E-state index is 0.0352. The van der Waals surface area contributed by atoms with E-state index < -0.39 is 6.16 Å². The van der Waals surface area contributed by atoms with Gasteiger partial charge in [0.2, 0.25) is 0 Å². The number of hydrogen-bond donors (Lipinski definition) is 3. The van der Waals surface area contributed by atoms with Crippen LogP contribution in [0.3, 0.4) is 0 Å². The largest absolute Gasteiger partial charge is 0.511 e. The van der Waals surface area contributed by atoms with E-state index in [2.05, 4.69) is 15.8 Å². The van der Waals surface area contributed by atoms with Gasteiger partial charge in [-0.3, -0.25) is 0 Å². The summed E-state index contributed by atoms with van der Waals surface area (Å²) in [6.07, 6.45) is -1.45. The van der Waals surface area contributed by atoms with Crippen molar-refractivity contribution in [1.29, 1.82) is 5.26 Å². The standard InChI is InChI=1S/C26H17N3O4/c1-14-9-16(5-6-19(14)13-27)15-3-2-4-18(10-15)25-28-21-8-7-17-11-20(33-26(31)32)12-22(30)23(17)24(21)29-25/h2-12,30H,1H3,(H,28,29)(H,31,32). The van der Waals surface area contributed by atoms with E-state index in [9.17, 15) is 15.2 Å². The lowest BCUT2D eigenvalue weighted by Crippen LogP contribution is -2.02. The minimum Gasteiger partial charge on any atom is -0.507 e. The van der Waals surface area contributed by atoms with E-state index in [0.717, 1.165) is 27.8 Å². The van der Waals surface area contributed by atoms with Gasteiger partial charge >= 0.3 is 6.16 Å². The van der Waals surface area contributed by atoms with E-state index in [1.54, 1.807) is 12.1 Å². The Morgan fingerprint density at radius 3 is 2.58 bits per heavy atom. The highest BCUT2D eigenvalue weighted by atomic mass is 16.7. The predicted molar refractivity (Wildman–Crippen MR) is 124 cm³/mol. The Bertz CT molecular complexity index is 1610. The molecule has 0 fully saturated rings. The Morgan fingerprint density at radius 2 is 1.82 bits per heavy atom. The molecule has 0 unspecified atom stereocenters. The molecule has 1 heterocycles. The van der Waals surface area contributed by atoms with Crippen LogP contribution in [0, 0.1) is 18.3 Å². The summed E-state index contributed by atoms with van der Waals surface area (Å²) < 4.78 is 4.68. The molecule has 5 aromatic rings. The number of carbonyl (C=O) groups is 1. The first-order valence-corrected chi connectivity index (χ1v) is 10.1. The molecule has 0 saturated heterocycles. The van der Waals surface area contributed by atoms with Crippen molar-refractivity contribution >= 4 is 28.0 Å². The van der Waals surface area contributed by atoms with Crippen LogP contribution >= 0.6 is 0 Å². The number of phenols is 1. The molecule has 0 spiro atoms. The molecule has 3 N–H and O–H groups in total. The smallest absolute Gasteiger partial charge is 0.507 e. The summed E-state index contributed by atoms with van der Waals surface area (Å²) in [5.74, 6) is 0.553. The Kier molecular flexibility index (Phi) is 4.69. The molecule has 0 radical (unpaired) electrons. The molecule has 0 atom stereocenters. The maximum atomic E-state index is 10.8. The van der Waals surface area contributed by atoms with Gasteiger partial charge < -0.3 is 19.9 Å². The van der Waals surface area contributed by atoms with Crippen LogP contribution in [0.2, 0.25) is 0 Å². The molecule has 0 saturated carbocycles. The number of H-pyrrole nitrogens is 1. The molecule has 0 amide bonds. The second-order valence-electron chi connectivity index (χ2n) is 7.68. The average molecular weight is 435 g/mol. The number of imidazole rings is 1. The maximum Gasteiger partial charge on any atom is 0.511 e. The van der Waals surface area contributed by atoms with E-state index >= 15 is 0 Å². The molecule has 4 aromatic carbocycles. The number of aromatic amines is 1. The van der Waals surface area contributed by atoms with E-state index in [4.69, 9.17) is 10.1 Å². The van der Waals surface area contributed by atoms with Crippen molar-refractivity contribution in [2.45, 2.75) is 6.92 Å². The lowest BCUT2D eigenvalue weighted by molar-refractivity contribution is 0.144. The first-order chi connectivity index (χ1) is 15.9. The van der Waals surface area contributed by atoms with E-state index in [1.807, 2.05) is 55.5 Å². The fraction of sp³-hybridized carbons (Fsp3) is 0.0385. The van der Waals surface area contributed by atoms with Crippen molar-refractivity contribution < 1.29 is 19.7 Å². The van der Waals surface area contributed by atoms with Crippen LogP contribution < -0.4 is 4.74 Å². The van der Waals surface area contributed by atoms with Crippen LogP contribution in [0.15, 0.2) is 66.7 Å². The van der Waals surface area contributed by atoms with Crippen LogP contribution in [0.25, 0.3) is 44.3 Å². The number of nitriles is 1. The van der Waals surface area contributed by atoms with Crippen molar-refractivity contribution in [3.63, 3.8) is 0 Å². The number of nitrogens with zero attached hydrogens (tertiary/aromatic N) is 2. The van der Waals surface area contributed by atoms with Gasteiger partial charge in [-0.15, -0.1) is 0 Å². The molecule has 7 nitrogen and oxygen atoms in total. The van der Waals surface area contributed by atoms with E-state index in [-0.39, 0.29) is 11.5 Å². The summed E-state index contributed by atoms with van der Waals surface area (Å²) >= 11 is 0. The molecule has 1 aromatic heterocycles. The number of benzene rings is 4. The second-order valence-corrected chi connectivity index (χ2v) is 7.68. The molecule has 5 rings (SSSR count). The highest BCUT2D eigenvalue weighted by molar-refractivity contribution is 6.08. The third-order valence-electron chi connectivity index (χ3n) is 5.54. The van der Waals surface area contributed by atoms with Crippen LogP contribution in [0.4, 0.5) is 4.79 Å². The van der Waals surface area contributed by atoms with Gasteiger partial charge in [0.05, 0.1) is 22.5 Å². The van der Waals surface area contributed by atoms with Gasteiger partial charge in [0.25, 0.3) is 0 Å². The van der Waals surface area contributed by atoms with Crippen LogP contribution in [-0.4, -0.2) is 26.3 Å². The van der Waals surface area contributed by atoms with Crippen molar-refractivity contribution in [2.24, 2.45) is 0 Å². The highest BCUT2D eigenvalue weighted by Gasteiger charge is 2.14. The van der Waals surface area contributed by atoms with Crippen LogP contribution in [-0.2, 0) is 0 Å². The van der Waals surface area contributed by atoms with Gasteiger partial charge in [-0.25, -0.2) is 9.78 Å². The monoisotopic (exact) mass is 435 g/mol. The molecule has 33 heavy (non-hydrogen) atoms. The van der Waals surface area contributed by atoms with Crippen molar-refractivity contribution in [2.75, 3.05) is 0 Å². The van der Waals surface area contributed by atoms with Gasteiger partial charge in [-0.1, -0.05) is 36.4 Å². The summed E-state index contributed by atoms with van der Waals surface area (Å²) in [6, 6.07) is 22.2. The zero-order chi connectivity index (χ0) is 23.1. The number of carboxylic acid groups (broad SMARTS) is 1. The zero-order valence-electron chi connectivity index (χ0n) is 17.5. The van der Waals surface area contributed by atoms with Crippen LogP contribution in [0.1, 0.15) is 11.1 Å². The minimum atomic E-state index is -1.45. The van der Waals surface area contributed by atoms with Gasteiger partial charge in [-0.05, 0) is 53.3 Å². The van der Waals surface area contributed by atoms with Gasteiger partial charge in [0.15, 0.2) is 0 Å². The molecule has 0 aliphatic heterocycles. The first kappa shape index (κ1) is 20.1. The Labute approximate surface area is 188 Å². The molecular formula is C26H17N3O4. The number of ether oxygens (including phenoxy) is 1. The lowest BCUT2D eigenvalue weighted by atomic mass is 9.99. The second kappa shape index (κ2) is 7.70. The number of phenolic OH excluding ortho intramolecular Hbond substituents is 1. The van der Waals surface area contributed by atoms with Gasteiger partial charge in [0.1, 0.15) is 22.8 Å². The van der Waals surface area contributed by atoms with E-state index in [0.29, 0.717) is 27.7 Å². The Hall–Kier alpha value is -4.83. The number of aromatic nitrogens is 2. The van der Waals surface area contributed by atoms with Crippen molar-refractivity contribution in [1.82, 2.24) is 9.97 Å². The molecule has 7 heteroatoms. The maximum absolute atomic E-state index is 10.8. The molecule has 0 aliphatic rings. The number of aryl methyl sites for hydroxylation is 1. The quantitative estimate of drug-likeness (QED) is 0.236. The number of rotatable bonds is 3. The number of nitrogens with one attached hydrogen (secondary N) is 1. The summed E-state index contributed by atoms with van der Waals surface area (Å²) in [6.45, 7) is 1.91. The summed E-state index contributed by atoms with van der Waals surface area (Å²) in [5.41, 5.74) is 5.72. The zero-order valence-corrected chi connectivity index (χ0v) is 17.5. The topological polar surface area (TPSA) is 119 Å². The molecule has 0 bridgehead atoms. The number of fused-ring (bicyclic) bond motifs is 3. The van der Waals surface area contributed by atoms with Crippen molar-refractivity contribution in [3.8, 4) is 40.1 Å². The van der Waals surface area contributed by atoms with Gasteiger partial charge in [-0.2, -0.15) is 5.26 Å². The Morgan fingerprint density at radius 1 is 1.03 bits per heavy atom. The normalized spacial score (nSPS) is 10.9. The predicted octanol–water partition coefficient (Wildman–Crippen LogP) is 5.99. The van der Waals surface area contributed by atoms with Crippen molar-refractivity contribution in [3.05, 3.63) is 77.9 Å². The van der Waals surface area contributed by atoms with E-state index in [1.165, 1.54) is 6.07 Å². The summed E-state index contributed by atoms with van der Waals surface area (Å²) in [4.78, 5) is 18.9. The summed E-state index contributed by atoms with van der Waals surface area (Å²) in [5, 5.41) is 29.7. The number of aromatic hydroxyl groups is 1. The third-order valence-corrected chi connectivity index (χ3v) is 5.54. The SMILES string of the molecule is Cc1cc(-c2cccc(-c3nc4c(ccc5cc(OC(=O)O)cc(O)c54)[nH]3)c2)ccc1C#N. The number of hydrogen-bond acceptors (Lipinski definition) is 5. The summed E-state index contributed by atoms with van der Waals surface area (Å²) in [7, 11) is 0.